The van der Waals surface area contributed by atoms with Crippen molar-refractivity contribution in [1.29, 1.82) is 0 Å². The molecule has 3 saturated heterocycles. The van der Waals surface area contributed by atoms with Crippen molar-refractivity contribution < 1.29 is 88.9 Å². The van der Waals surface area contributed by atoms with Crippen molar-refractivity contribution in [1.82, 2.24) is 19.9 Å². The van der Waals surface area contributed by atoms with Crippen molar-refractivity contribution in [3.05, 3.63) is 111 Å². The van der Waals surface area contributed by atoms with Gasteiger partial charge >= 0.3 is 29.6 Å². The Balaban J connectivity index is 0.000000158. The number of benzene rings is 3. The molecule has 12 saturated carbocycles. The number of nitrogens with one attached hydrogen (secondary N) is 2. The first-order chi connectivity index (χ1) is 59.4. The SMILES string of the molecule is CC1(C)COC2(CCC(=O)CC2)OO1.CC1(C)COC2(CCC(CC3CC4CC(Nc5ccnc6cc(Cl)ccc56)CC4C3)CC2)OO1.CN1CCCC1=O.CN=C1CC2CC(=NOC)CC2C1.CON.Clc1ccc2c(Cl)ccnc2c1.NC1CC2CC(N)CC2C1.NC1CC2CC(Nc3ccnc4cc(Cl)ccc34)CC2C1.O=C1CC2CC(=O)CC2C1.[B].[H-].[Na+]. The van der Waals surface area contributed by atoms with E-state index in [0.717, 1.165) is 147 Å². The molecule has 6 atom stereocenters. The number of aromatic nitrogens is 3. The van der Waals surface area contributed by atoms with Gasteiger partial charge in [0.2, 0.25) is 17.5 Å². The number of Topliss-reactive ketones (excluding diaryl/α,β-unsaturated/α-hetero) is 3. The van der Waals surface area contributed by atoms with E-state index in [1.54, 1.807) is 36.4 Å². The van der Waals surface area contributed by atoms with E-state index >= 15 is 0 Å². The van der Waals surface area contributed by atoms with Crippen LogP contribution in [0.3, 0.4) is 0 Å². The summed E-state index contributed by atoms with van der Waals surface area (Å²) in [6.45, 7) is 9.93. The van der Waals surface area contributed by atoms with Crippen molar-refractivity contribution in [2.45, 2.75) is 280 Å². The zero-order valence-electron chi connectivity index (χ0n) is 76.5. The van der Waals surface area contributed by atoms with Crippen LogP contribution in [-0.2, 0) is 57.9 Å². The summed E-state index contributed by atoms with van der Waals surface area (Å²) in [5, 5.41) is 17.7. The molecule has 15 aliphatic rings. The second-order valence-electron chi connectivity index (χ2n) is 39.2. The molecule has 6 unspecified atom stereocenters. The summed E-state index contributed by atoms with van der Waals surface area (Å²) in [6.07, 6.45) is 37.8. The smallest absolute Gasteiger partial charge is 1.00 e. The number of hydrogen-bond donors (Lipinski definition) is 6. The summed E-state index contributed by atoms with van der Waals surface area (Å²) in [7, 11) is 6.77. The van der Waals surface area contributed by atoms with Crippen LogP contribution < -0.4 is 63.3 Å². The van der Waals surface area contributed by atoms with E-state index < -0.39 is 11.6 Å². The van der Waals surface area contributed by atoms with Crippen LogP contribution in [0.25, 0.3) is 32.7 Å². The van der Waals surface area contributed by atoms with Gasteiger partial charge in [-0.3, -0.25) is 39.1 Å². The van der Waals surface area contributed by atoms with Crippen LogP contribution in [0.15, 0.2) is 102 Å². The number of pyridine rings is 3. The Morgan fingerprint density at radius 3 is 1.25 bits per heavy atom. The van der Waals surface area contributed by atoms with E-state index in [4.69, 9.17) is 97.5 Å². The molecule has 3 aromatic carbocycles. The molecule has 2 spiro atoms. The van der Waals surface area contributed by atoms with Gasteiger partial charge in [0.25, 0.3) is 0 Å². The Kier molecular flexibility index (Phi) is 37.4. The molecule has 6 aromatic rings. The molecule has 126 heavy (non-hydrogen) atoms. The average Bonchev–Trinajstić information content (AvgIpc) is 1.47. The molecule has 1 amide bonds. The second kappa shape index (κ2) is 46.5. The maximum absolute atomic E-state index is 11.1. The van der Waals surface area contributed by atoms with Crippen molar-refractivity contribution in [3.8, 4) is 0 Å². The van der Waals surface area contributed by atoms with E-state index in [9.17, 15) is 19.2 Å². The molecule has 21 rings (SSSR count). The molecule has 10 N–H and O–H groups in total. The maximum Gasteiger partial charge on any atom is 1.00 e. The van der Waals surface area contributed by atoms with Crippen LogP contribution in [0.5, 0.6) is 0 Å². The number of ether oxygens (including phenoxy) is 2. The Morgan fingerprint density at radius 2 is 0.873 bits per heavy atom. The fourth-order valence-electron chi connectivity index (χ4n) is 22.3. The van der Waals surface area contributed by atoms with Crippen molar-refractivity contribution >= 4 is 134 Å². The van der Waals surface area contributed by atoms with Gasteiger partial charge in [0, 0.05) is 197 Å². The summed E-state index contributed by atoms with van der Waals surface area (Å²) < 4.78 is 11.8. The maximum atomic E-state index is 11.1. The van der Waals surface area contributed by atoms with Gasteiger partial charge in [-0.25, -0.2) is 25.4 Å². The molecule has 6 heterocycles. The van der Waals surface area contributed by atoms with Gasteiger partial charge in [0.15, 0.2) is 0 Å². The largest absolute Gasteiger partial charge is 1.00 e. The van der Waals surface area contributed by atoms with Gasteiger partial charge in [0.1, 0.15) is 35.7 Å². The molecule has 0 bridgehead atoms. The number of aliphatic imine (C=N–C) groups is 1. The van der Waals surface area contributed by atoms with Crippen LogP contribution in [-0.4, -0.2) is 164 Å². The summed E-state index contributed by atoms with van der Waals surface area (Å²) >= 11 is 23.9. The van der Waals surface area contributed by atoms with Crippen LogP contribution in [0, 0.1) is 71.0 Å². The first kappa shape index (κ1) is 101. The predicted octanol–water partition coefficient (Wildman–Crippen LogP) is 15.8. The topological polar surface area (TPSA) is 337 Å². The van der Waals surface area contributed by atoms with Gasteiger partial charge < -0.3 is 53.3 Å². The molecular weight excluding hydrogens is 1690 g/mol. The average molecular weight is 1820 g/mol. The molecule has 3 aromatic heterocycles. The van der Waals surface area contributed by atoms with Crippen LogP contribution in [0.4, 0.5) is 11.4 Å². The third-order valence-electron chi connectivity index (χ3n) is 28.5. The summed E-state index contributed by atoms with van der Waals surface area (Å²) in [4.78, 5) is 92.8. The predicted molar refractivity (Wildman–Crippen MR) is 497 cm³/mol. The molecular formula is C96H135BCl4N12NaO12. The summed E-state index contributed by atoms with van der Waals surface area (Å²) in [5.74, 6) is 13.8. The van der Waals surface area contributed by atoms with Crippen molar-refractivity contribution in [2.24, 2.45) is 104 Å². The number of nitrogens with zero attached hydrogens (tertiary/aromatic N) is 6. The van der Waals surface area contributed by atoms with Crippen LogP contribution in [0.2, 0.25) is 20.1 Å². The van der Waals surface area contributed by atoms with Crippen LogP contribution >= 0.6 is 46.4 Å². The molecule has 683 valence electrons. The van der Waals surface area contributed by atoms with Gasteiger partial charge in [-0.1, -0.05) is 51.6 Å². The number of amides is 1. The van der Waals surface area contributed by atoms with Gasteiger partial charge in [-0.2, -0.15) is 0 Å². The third-order valence-corrected chi connectivity index (χ3v) is 29.5. The molecule has 12 aliphatic carbocycles. The Labute approximate surface area is 790 Å². The molecule has 24 nitrogen and oxygen atoms in total. The van der Waals surface area contributed by atoms with Gasteiger partial charge in [0.05, 0.1) is 47.6 Å². The minimum atomic E-state index is -0.649. The number of oxime groups is 1. The number of nitrogens with two attached hydrogens (primary N) is 4. The van der Waals surface area contributed by atoms with E-state index in [1.807, 2.05) is 84.5 Å². The van der Waals surface area contributed by atoms with E-state index in [2.05, 4.69) is 70.7 Å². The Hall–Kier alpha value is -5.11. The first-order valence-corrected chi connectivity index (χ1v) is 47.1. The van der Waals surface area contributed by atoms with Gasteiger partial charge in [-0.05, 0) is 300 Å². The number of likely N-dealkylation sites (tertiary alicyclic amines) is 1. The molecule has 3 radical (unpaired) electrons. The van der Waals surface area contributed by atoms with Crippen molar-refractivity contribution in [3.63, 3.8) is 0 Å². The number of hydrogen-bond acceptors (Lipinski definition) is 23. The fraction of sp³-hybridized carbons (Fsp3) is 0.656. The Bertz CT molecular complexity index is 4550. The van der Waals surface area contributed by atoms with Crippen molar-refractivity contribution in [2.75, 3.05) is 58.7 Å². The number of halogens is 4. The molecule has 15 fully saturated rings. The Morgan fingerprint density at radius 1 is 0.492 bits per heavy atom. The van der Waals surface area contributed by atoms with E-state index in [-0.39, 0.29) is 56.4 Å². The number of anilines is 2. The number of fused-ring (bicyclic) bond motifs is 8. The van der Waals surface area contributed by atoms with E-state index in [0.29, 0.717) is 134 Å². The molecule has 3 aliphatic heterocycles. The first-order valence-electron chi connectivity index (χ1n) is 45.6. The standard InChI is InChI=1S/C28H37ClN2O3.C17H20ClN3.C10H16N2O.C10H16O4.C9H5Cl2N.C8H16N2.C8H10O2.C5H9NO.CH5NO.B.Na.H/c1-27(2)17-32-28(34-33-27)8-5-18(6-9-28)11-19-12-20-14-23(15-21(20)13-19)31-25-7-10-30-26-16-22(29)3-4-24(25)26;18-12-1-2-15-16(3-4-20-17(15)9-12)21-14-7-10-5-13(19)6-11(10)8-14;1-11-9-3-7-5-10(12-13-2)6-8(7)4-9;1-9(2)7-12-10(14-13-9)5-3-8(11)4-6-10;10-6-1-2-7-8(11)3-4-12-9(7)5-6;2*9-7-1-5-2-8(10)4-6(5)3-7;1-6-4-2-3-5(6)7;1-3-2;;;/h3-4,7,10,16,18-21,23H,5-6,8-9,11-15,17H2,1-2H3,(H,30,31);1-4,9-11,13-14H,5-8,19H2,(H,20,21);7-8H,3-6H2,1-2H3;3-7H2,1-2H3;1-5H;5-8H,1-4,9-10H2;5-6H,1-4H2;2-4H2,1H3;2H2,1H3;;;/q;;;;;;;;;;+1;-1. The quantitative estimate of drug-likeness (QED) is 0.0491. The second-order valence-corrected chi connectivity index (χ2v) is 40.9. The molecule has 30 heteroatoms. The number of ketones is 3. The monoisotopic (exact) mass is 1820 g/mol. The van der Waals surface area contributed by atoms with Crippen LogP contribution in [0.1, 0.15) is 228 Å². The minimum absolute atomic E-state index is 0. The number of carbonyl (C=O) groups is 4. The summed E-state index contributed by atoms with van der Waals surface area (Å²) in [5.41, 5.74) is 24.8. The summed E-state index contributed by atoms with van der Waals surface area (Å²) in [6, 6.07) is 25.8. The number of rotatable bonds is 7. The zero-order chi connectivity index (χ0) is 88.0. The number of carbonyl (C=O) groups excluding carboxylic acids is 4. The minimum Gasteiger partial charge on any atom is -1.00 e. The fourth-order valence-corrected chi connectivity index (χ4v) is 23.1. The third kappa shape index (κ3) is 28.0. The van der Waals surface area contributed by atoms with E-state index in [1.165, 1.54) is 139 Å². The zero-order valence-corrected chi connectivity index (χ0v) is 80.5. The van der Waals surface area contributed by atoms with Gasteiger partial charge in [-0.15, -0.1) is 0 Å². The normalized spacial score (nSPS) is 31.6.